The van der Waals surface area contributed by atoms with Gasteiger partial charge in [-0.3, -0.25) is 9.59 Å². The third kappa shape index (κ3) is 1.69. The van der Waals surface area contributed by atoms with E-state index in [4.69, 9.17) is 0 Å². The minimum atomic E-state index is -0.475. The van der Waals surface area contributed by atoms with Gasteiger partial charge < -0.3 is 5.11 Å². The fraction of sp³-hybridized carbons (Fsp3) is 0.105. The highest BCUT2D eigenvalue weighted by Crippen LogP contribution is 2.20. The first-order valence-corrected chi connectivity index (χ1v) is 7.32. The van der Waals surface area contributed by atoms with Gasteiger partial charge in [0.15, 0.2) is 5.43 Å². The number of fused-ring (bicyclic) bond motifs is 2. The van der Waals surface area contributed by atoms with Crippen molar-refractivity contribution < 1.29 is 5.11 Å². The lowest BCUT2D eigenvalue weighted by atomic mass is 9.97. The quantitative estimate of drug-likeness (QED) is 0.539. The zero-order valence-electron chi connectivity index (χ0n) is 12.7. The Kier molecular flexibility index (Phi) is 2.66. The highest BCUT2D eigenvalue weighted by atomic mass is 16.3. The van der Waals surface area contributed by atoms with Crippen molar-refractivity contribution >= 4 is 27.4 Å². The van der Waals surface area contributed by atoms with Crippen LogP contribution in [0.15, 0.2) is 46.0 Å². The van der Waals surface area contributed by atoms with Gasteiger partial charge in [-0.2, -0.15) is 0 Å². The van der Waals surface area contributed by atoms with Crippen molar-refractivity contribution in [2.45, 2.75) is 13.8 Å². The van der Waals surface area contributed by atoms with Gasteiger partial charge in [0.25, 0.3) is 5.56 Å². The molecule has 4 nitrogen and oxygen atoms in total. The zero-order chi connectivity index (χ0) is 16.3. The smallest absolute Gasteiger partial charge is 0.281 e. The van der Waals surface area contributed by atoms with E-state index in [0.717, 1.165) is 5.56 Å². The lowest BCUT2D eigenvalue weighted by Crippen LogP contribution is -2.32. The SMILES string of the molecule is CC(O)=c1c(=O)nc2c(C)ccc3c2=c1c1ccccc1c3=O. The van der Waals surface area contributed by atoms with E-state index in [-0.39, 0.29) is 16.4 Å². The van der Waals surface area contributed by atoms with Crippen LogP contribution in [0.3, 0.4) is 0 Å². The molecule has 0 atom stereocenters. The molecule has 112 valence electrons. The standard InChI is InChI=1S/C19H13NO3/c1-9-7-8-13-16-15(11-5-3-4-6-12(11)18(13)22)14(10(2)21)19(23)20-17(9)16/h3-8,21H,1-2H3. The molecular formula is C19H13NO3. The number of aromatic nitrogens is 1. The first kappa shape index (κ1) is 13.6. The molecule has 0 spiro atoms. The molecule has 1 aliphatic carbocycles. The number of aliphatic hydroxyl groups is 1. The number of aryl methyl sites for hydroxylation is 1. The van der Waals surface area contributed by atoms with Gasteiger partial charge in [-0.25, -0.2) is 4.98 Å². The second-order valence-corrected chi connectivity index (χ2v) is 5.78. The Morgan fingerprint density at radius 2 is 1.65 bits per heavy atom. The van der Waals surface area contributed by atoms with Crippen LogP contribution >= 0.6 is 0 Å². The predicted octanol–water partition coefficient (Wildman–Crippen LogP) is 1.98. The summed E-state index contributed by atoms with van der Waals surface area (Å²) < 4.78 is 0. The van der Waals surface area contributed by atoms with Gasteiger partial charge >= 0.3 is 0 Å². The van der Waals surface area contributed by atoms with Gasteiger partial charge in [-0.05, 0) is 30.9 Å². The summed E-state index contributed by atoms with van der Waals surface area (Å²) in [7, 11) is 0. The molecule has 0 fully saturated rings. The largest absolute Gasteiger partial charge is 0.512 e. The Bertz CT molecular complexity index is 1320. The first-order valence-electron chi connectivity index (χ1n) is 7.32. The zero-order valence-corrected chi connectivity index (χ0v) is 12.7. The molecule has 0 saturated carbocycles. The van der Waals surface area contributed by atoms with Gasteiger partial charge in [0.05, 0.1) is 10.7 Å². The summed E-state index contributed by atoms with van der Waals surface area (Å²) in [4.78, 5) is 29.4. The van der Waals surface area contributed by atoms with Crippen molar-refractivity contribution in [2.24, 2.45) is 0 Å². The number of benzene rings is 2. The number of hydrogen-bond donors (Lipinski definition) is 1. The van der Waals surface area contributed by atoms with Crippen molar-refractivity contribution in [3.63, 3.8) is 0 Å². The lowest BCUT2D eigenvalue weighted by Gasteiger charge is -2.08. The maximum atomic E-state index is 12.8. The second kappa shape index (κ2) is 4.49. The number of hydrogen-bond acceptors (Lipinski definition) is 4. The molecule has 2 aromatic carbocycles. The van der Waals surface area contributed by atoms with E-state index in [1.807, 2.05) is 13.0 Å². The fourth-order valence-corrected chi connectivity index (χ4v) is 3.32. The normalized spacial score (nSPS) is 13.1. The Labute approximate surface area is 130 Å². The molecule has 0 amide bonds. The molecule has 0 aromatic heterocycles. The van der Waals surface area contributed by atoms with E-state index in [1.54, 1.807) is 30.3 Å². The first-order chi connectivity index (χ1) is 11.0. The maximum absolute atomic E-state index is 12.8. The maximum Gasteiger partial charge on any atom is 0.281 e. The molecule has 2 aromatic rings. The summed E-state index contributed by atoms with van der Waals surface area (Å²) in [5.74, 6) is -0.0870. The molecule has 1 aliphatic heterocycles. The Morgan fingerprint density at radius 3 is 2.35 bits per heavy atom. The molecule has 0 bridgehead atoms. The van der Waals surface area contributed by atoms with Crippen molar-refractivity contribution in [1.29, 1.82) is 0 Å². The Morgan fingerprint density at radius 1 is 0.957 bits per heavy atom. The van der Waals surface area contributed by atoms with E-state index >= 15 is 0 Å². The van der Waals surface area contributed by atoms with E-state index in [0.29, 0.717) is 32.1 Å². The fourth-order valence-electron chi connectivity index (χ4n) is 3.32. The second-order valence-electron chi connectivity index (χ2n) is 5.78. The van der Waals surface area contributed by atoms with E-state index in [1.165, 1.54) is 6.92 Å². The number of rotatable bonds is 0. The highest BCUT2D eigenvalue weighted by Gasteiger charge is 2.14. The monoisotopic (exact) mass is 303 g/mol. The minimum absolute atomic E-state index is 0.0832. The van der Waals surface area contributed by atoms with Gasteiger partial charge in [0.2, 0.25) is 0 Å². The van der Waals surface area contributed by atoms with Crippen LogP contribution in [0.1, 0.15) is 12.5 Å². The molecule has 23 heavy (non-hydrogen) atoms. The van der Waals surface area contributed by atoms with Crippen LogP contribution in [-0.4, -0.2) is 10.1 Å². The summed E-state index contributed by atoms with van der Waals surface area (Å²) in [5, 5.41) is 13.2. The van der Waals surface area contributed by atoms with Crippen LogP contribution in [0.25, 0.3) is 27.4 Å². The molecule has 4 heteroatoms. The lowest BCUT2D eigenvalue weighted by molar-refractivity contribution is 0.498. The average Bonchev–Trinajstić information content (AvgIpc) is 2.53. The van der Waals surface area contributed by atoms with Crippen molar-refractivity contribution in [3.05, 3.63) is 78.2 Å². The van der Waals surface area contributed by atoms with Crippen LogP contribution in [0, 0.1) is 17.4 Å². The van der Waals surface area contributed by atoms with Gasteiger partial charge in [-0.1, -0.05) is 30.3 Å². The summed E-state index contributed by atoms with van der Waals surface area (Å²) >= 11 is 0. The predicted molar refractivity (Wildman–Crippen MR) is 89.9 cm³/mol. The third-order valence-electron chi connectivity index (χ3n) is 4.35. The van der Waals surface area contributed by atoms with Crippen molar-refractivity contribution in [2.75, 3.05) is 0 Å². The molecular weight excluding hydrogens is 290 g/mol. The molecule has 1 heterocycles. The van der Waals surface area contributed by atoms with Crippen molar-refractivity contribution in [3.8, 4) is 0 Å². The molecule has 4 rings (SSSR count). The molecule has 0 saturated heterocycles. The van der Waals surface area contributed by atoms with Crippen LogP contribution in [-0.2, 0) is 0 Å². The molecule has 0 unspecified atom stereocenters. The summed E-state index contributed by atoms with van der Waals surface area (Å²) in [5.41, 5.74) is 0.795. The van der Waals surface area contributed by atoms with E-state index in [9.17, 15) is 14.7 Å². The van der Waals surface area contributed by atoms with Crippen LogP contribution in [0.2, 0.25) is 0 Å². The minimum Gasteiger partial charge on any atom is -0.512 e. The third-order valence-corrected chi connectivity index (χ3v) is 4.35. The van der Waals surface area contributed by atoms with Crippen molar-refractivity contribution in [1.82, 2.24) is 4.98 Å². The Balaban J connectivity index is 2.71. The highest BCUT2D eigenvalue weighted by molar-refractivity contribution is 5.90. The number of nitrogens with zero attached hydrogens (tertiary/aromatic N) is 1. The van der Waals surface area contributed by atoms with Gasteiger partial charge in [0, 0.05) is 21.2 Å². The van der Waals surface area contributed by atoms with Crippen LogP contribution < -0.4 is 16.2 Å². The molecule has 2 aliphatic rings. The topological polar surface area (TPSA) is 67.3 Å². The van der Waals surface area contributed by atoms with Gasteiger partial charge in [-0.15, -0.1) is 0 Å². The van der Waals surface area contributed by atoms with E-state index < -0.39 is 5.56 Å². The average molecular weight is 303 g/mol. The van der Waals surface area contributed by atoms with Gasteiger partial charge in [0.1, 0.15) is 5.76 Å². The molecule has 0 radical (unpaired) electrons. The summed E-state index contributed by atoms with van der Waals surface area (Å²) in [6.07, 6.45) is 0. The summed E-state index contributed by atoms with van der Waals surface area (Å²) in [6.45, 7) is 3.32. The Hall–Kier alpha value is -3.01. The van der Waals surface area contributed by atoms with Crippen LogP contribution in [0.4, 0.5) is 0 Å². The number of aliphatic hydroxyl groups excluding tert-OH is 1. The van der Waals surface area contributed by atoms with E-state index in [2.05, 4.69) is 4.98 Å². The van der Waals surface area contributed by atoms with Crippen LogP contribution in [0.5, 0.6) is 0 Å². The summed E-state index contributed by atoms with van der Waals surface area (Å²) in [6, 6.07) is 10.7. The molecule has 1 N–H and O–H groups in total.